The van der Waals surface area contributed by atoms with Crippen LogP contribution in [0.3, 0.4) is 0 Å². The highest BCUT2D eigenvalue weighted by Crippen LogP contribution is 2.11. The first-order valence-electron chi connectivity index (χ1n) is 7.41. The minimum Gasteiger partial charge on any atom is -0.370 e. The SMILES string of the molecule is CCCCNc1cc(NCCC2CCCN2)ncn1. The summed E-state index contributed by atoms with van der Waals surface area (Å²) in [5.74, 6) is 1.82. The molecule has 0 aliphatic carbocycles. The monoisotopic (exact) mass is 263 g/mol. The van der Waals surface area contributed by atoms with Crippen LogP contribution in [-0.4, -0.2) is 35.6 Å². The highest BCUT2D eigenvalue weighted by atomic mass is 15.1. The van der Waals surface area contributed by atoms with Gasteiger partial charge in [0.1, 0.15) is 18.0 Å². The van der Waals surface area contributed by atoms with Gasteiger partial charge in [0.05, 0.1) is 0 Å². The average Bonchev–Trinajstić information content (AvgIpc) is 2.93. The molecule has 19 heavy (non-hydrogen) atoms. The van der Waals surface area contributed by atoms with E-state index >= 15 is 0 Å². The van der Waals surface area contributed by atoms with Gasteiger partial charge < -0.3 is 16.0 Å². The predicted molar refractivity (Wildman–Crippen MR) is 79.6 cm³/mol. The van der Waals surface area contributed by atoms with Crippen LogP contribution in [0.5, 0.6) is 0 Å². The number of rotatable bonds is 8. The average molecular weight is 263 g/mol. The van der Waals surface area contributed by atoms with E-state index in [2.05, 4.69) is 32.8 Å². The number of anilines is 2. The van der Waals surface area contributed by atoms with Crippen molar-refractivity contribution in [2.75, 3.05) is 30.3 Å². The van der Waals surface area contributed by atoms with Crippen LogP contribution < -0.4 is 16.0 Å². The van der Waals surface area contributed by atoms with Crippen LogP contribution in [0.2, 0.25) is 0 Å². The van der Waals surface area contributed by atoms with Crippen LogP contribution >= 0.6 is 0 Å². The Morgan fingerprint density at radius 3 is 2.74 bits per heavy atom. The second-order valence-electron chi connectivity index (χ2n) is 5.08. The van der Waals surface area contributed by atoms with Gasteiger partial charge in [-0.25, -0.2) is 9.97 Å². The lowest BCUT2D eigenvalue weighted by atomic mass is 10.1. The summed E-state index contributed by atoms with van der Waals surface area (Å²) in [5.41, 5.74) is 0. The van der Waals surface area contributed by atoms with Crippen molar-refractivity contribution in [1.82, 2.24) is 15.3 Å². The van der Waals surface area contributed by atoms with Gasteiger partial charge >= 0.3 is 0 Å². The van der Waals surface area contributed by atoms with Gasteiger partial charge in [-0.2, -0.15) is 0 Å². The molecule has 0 aromatic carbocycles. The zero-order valence-corrected chi connectivity index (χ0v) is 11.8. The Morgan fingerprint density at radius 1 is 1.26 bits per heavy atom. The molecule has 5 heteroatoms. The number of hydrogen-bond acceptors (Lipinski definition) is 5. The van der Waals surface area contributed by atoms with Crippen LogP contribution in [-0.2, 0) is 0 Å². The molecule has 1 aromatic heterocycles. The second-order valence-corrected chi connectivity index (χ2v) is 5.08. The molecule has 0 radical (unpaired) electrons. The third-order valence-corrected chi connectivity index (χ3v) is 3.46. The van der Waals surface area contributed by atoms with Gasteiger partial charge in [-0.05, 0) is 32.2 Å². The van der Waals surface area contributed by atoms with Crippen LogP contribution in [0.1, 0.15) is 39.0 Å². The maximum atomic E-state index is 4.25. The first-order chi connectivity index (χ1) is 9.38. The van der Waals surface area contributed by atoms with Crippen molar-refractivity contribution in [3.63, 3.8) is 0 Å². The molecule has 1 atom stereocenters. The van der Waals surface area contributed by atoms with Crippen molar-refractivity contribution >= 4 is 11.6 Å². The minimum absolute atomic E-state index is 0.677. The number of nitrogens with one attached hydrogen (secondary N) is 3. The van der Waals surface area contributed by atoms with Crippen molar-refractivity contribution in [2.24, 2.45) is 0 Å². The topological polar surface area (TPSA) is 61.9 Å². The maximum Gasteiger partial charge on any atom is 0.131 e. The van der Waals surface area contributed by atoms with E-state index in [1.54, 1.807) is 6.33 Å². The molecule has 5 nitrogen and oxygen atoms in total. The summed E-state index contributed by atoms with van der Waals surface area (Å²) in [7, 11) is 0. The molecule has 106 valence electrons. The van der Waals surface area contributed by atoms with E-state index in [-0.39, 0.29) is 0 Å². The van der Waals surface area contributed by atoms with Crippen LogP contribution in [0.4, 0.5) is 11.6 Å². The lowest BCUT2D eigenvalue weighted by Crippen LogP contribution is -2.24. The summed E-state index contributed by atoms with van der Waals surface area (Å²) in [6.07, 6.45) is 7.74. The molecular formula is C14H25N5. The van der Waals surface area contributed by atoms with Crippen LogP contribution in [0, 0.1) is 0 Å². The Labute approximate surface area is 115 Å². The highest BCUT2D eigenvalue weighted by molar-refractivity contribution is 5.46. The Morgan fingerprint density at radius 2 is 2.05 bits per heavy atom. The molecule has 2 rings (SSSR count). The fraction of sp³-hybridized carbons (Fsp3) is 0.714. The van der Waals surface area contributed by atoms with Gasteiger partial charge in [0.2, 0.25) is 0 Å². The largest absolute Gasteiger partial charge is 0.370 e. The summed E-state index contributed by atoms with van der Waals surface area (Å²) in [6, 6.07) is 2.66. The fourth-order valence-corrected chi connectivity index (χ4v) is 2.32. The number of nitrogens with zero attached hydrogens (tertiary/aromatic N) is 2. The first kappa shape index (κ1) is 14.1. The molecule has 0 saturated carbocycles. The quantitative estimate of drug-likeness (QED) is 0.628. The lowest BCUT2D eigenvalue weighted by Gasteiger charge is -2.11. The predicted octanol–water partition coefficient (Wildman–Crippen LogP) is 2.24. The van der Waals surface area contributed by atoms with Gasteiger partial charge in [-0.3, -0.25) is 0 Å². The molecule has 1 fully saturated rings. The Kier molecular flexibility index (Phi) is 5.88. The first-order valence-corrected chi connectivity index (χ1v) is 7.41. The third kappa shape index (κ3) is 5.03. The molecule has 0 amide bonds. The van der Waals surface area contributed by atoms with Crippen molar-refractivity contribution in [3.8, 4) is 0 Å². The molecule has 1 aromatic rings. The molecule has 1 saturated heterocycles. The third-order valence-electron chi connectivity index (χ3n) is 3.46. The maximum absolute atomic E-state index is 4.25. The van der Waals surface area contributed by atoms with E-state index in [0.717, 1.165) is 31.1 Å². The minimum atomic E-state index is 0.677. The summed E-state index contributed by atoms with van der Waals surface area (Å²) < 4.78 is 0. The zero-order valence-electron chi connectivity index (χ0n) is 11.8. The van der Waals surface area contributed by atoms with E-state index < -0.39 is 0 Å². The lowest BCUT2D eigenvalue weighted by molar-refractivity contribution is 0.574. The molecular weight excluding hydrogens is 238 g/mol. The van der Waals surface area contributed by atoms with Crippen LogP contribution in [0.25, 0.3) is 0 Å². The van der Waals surface area contributed by atoms with E-state index in [9.17, 15) is 0 Å². The molecule has 1 aliphatic rings. The smallest absolute Gasteiger partial charge is 0.131 e. The molecule has 3 N–H and O–H groups in total. The fourth-order valence-electron chi connectivity index (χ4n) is 2.32. The summed E-state index contributed by atoms with van der Waals surface area (Å²) in [6.45, 7) is 5.29. The standard InChI is InChI=1S/C14H25N5/c1-2-3-7-16-13-10-14(19-11-18-13)17-9-6-12-5-4-8-15-12/h10-12,15H,2-9H2,1H3,(H2,16,17,18,19). The van der Waals surface area contributed by atoms with E-state index in [1.807, 2.05) is 6.07 Å². The molecule has 1 unspecified atom stereocenters. The van der Waals surface area contributed by atoms with E-state index in [1.165, 1.54) is 32.2 Å². The Bertz CT molecular complexity index is 363. The summed E-state index contributed by atoms with van der Waals surface area (Å²) in [4.78, 5) is 8.47. The number of hydrogen-bond donors (Lipinski definition) is 3. The van der Waals surface area contributed by atoms with Crippen molar-refractivity contribution in [2.45, 2.75) is 45.1 Å². The Balaban J connectivity index is 1.71. The van der Waals surface area contributed by atoms with Crippen molar-refractivity contribution in [1.29, 1.82) is 0 Å². The Hall–Kier alpha value is -1.36. The molecule has 2 heterocycles. The summed E-state index contributed by atoms with van der Waals surface area (Å²) >= 11 is 0. The van der Waals surface area contributed by atoms with E-state index in [4.69, 9.17) is 0 Å². The van der Waals surface area contributed by atoms with Gasteiger partial charge in [-0.1, -0.05) is 13.3 Å². The zero-order chi connectivity index (χ0) is 13.3. The van der Waals surface area contributed by atoms with Crippen molar-refractivity contribution in [3.05, 3.63) is 12.4 Å². The number of unbranched alkanes of at least 4 members (excludes halogenated alkanes) is 1. The second kappa shape index (κ2) is 7.94. The van der Waals surface area contributed by atoms with Gasteiger partial charge in [0.15, 0.2) is 0 Å². The molecule has 0 bridgehead atoms. The van der Waals surface area contributed by atoms with Gasteiger partial charge in [0.25, 0.3) is 0 Å². The van der Waals surface area contributed by atoms with Crippen molar-refractivity contribution < 1.29 is 0 Å². The normalized spacial score (nSPS) is 18.5. The highest BCUT2D eigenvalue weighted by Gasteiger charge is 2.12. The number of aromatic nitrogens is 2. The molecule has 0 spiro atoms. The summed E-state index contributed by atoms with van der Waals surface area (Å²) in [5, 5.41) is 10.2. The van der Waals surface area contributed by atoms with Crippen LogP contribution in [0.15, 0.2) is 12.4 Å². The van der Waals surface area contributed by atoms with Gasteiger partial charge in [-0.15, -0.1) is 0 Å². The van der Waals surface area contributed by atoms with E-state index in [0.29, 0.717) is 6.04 Å². The molecule has 1 aliphatic heterocycles. The van der Waals surface area contributed by atoms with Gasteiger partial charge in [0, 0.05) is 25.2 Å².